The molecule has 1 heterocycles. The Bertz CT molecular complexity index is 566. The maximum atomic E-state index is 11.5. The predicted octanol–water partition coefficient (Wildman–Crippen LogP) is 0.899. The van der Waals surface area contributed by atoms with Crippen LogP contribution in [0.4, 0.5) is 0 Å². The van der Waals surface area contributed by atoms with Crippen molar-refractivity contribution < 1.29 is 13.2 Å². The van der Waals surface area contributed by atoms with E-state index in [9.17, 15) is 8.42 Å². The molecule has 6 heteroatoms. The lowest BCUT2D eigenvalue weighted by atomic mass is 10.1. The van der Waals surface area contributed by atoms with E-state index in [1.165, 1.54) is 6.26 Å². The fraction of sp³-hybridized carbons (Fsp3) is 0.333. The summed E-state index contributed by atoms with van der Waals surface area (Å²) >= 11 is 0. The summed E-state index contributed by atoms with van der Waals surface area (Å²) in [5.41, 5.74) is 3.42. The van der Waals surface area contributed by atoms with Gasteiger partial charge in [0.25, 0.3) is 0 Å². The highest BCUT2D eigenvalue weighted by Crippen LogP contribution is 2.27. The molecule has 0 saturated heterocycles. The second kappa shape index (κ2) is 5.09. The van der Waals surface area contributed by atoms with Crippen LogP contribution in [-0.2, 0) is 14.6 Å². The van der Waals surface area contributed by atoms with Gasteiger partial charge in [-0.1, -0.05) is 12.1 Å². The lowest BCUT2D eigenvalue weighted by Crippen LogP contribution is -2.29. The zero-order valence-corrected chi connectivity index (χ0v) is 10.9. The van der Waals surface area contributed by atoms with E-state index in [2.05, 4.69) is 5.43 Å². The van der Waals surface area contributed by atoms with Crippen LogP contribution in [0.5, 0.6) is 0 Å². The Hall–Kier alpha value is -1.37. The Morgan fingerprint density at radius 3 is 2.78 bits per heavy atom. The normalized spacial score (nSPS) is 17.1. The fourth-order valence-corrected chi connectivity index (χ4v) is 2.58. The number of rotatable bonds is 4. The molecular weight excluding hydrogens is 252 g/mol. The van der Waals surface area contributed by atoms with Gasteiger partial charge in [-0.05, 0) is 23.8 Å². The summed E-state index contributed by atoms with van der Waals surface area (Å²) in [5, 5.41) is 0. The van der Waals surface area contributed by atoms with Crippen LogP contribution in [0.3, 0.4) is 0 Å². The average Bonchev–Trinajstić information content (AvgIpc) is 2.83. The van der Waals surface area contributed by atoms with Crippen LogP contribution in [-0.4, -0.2) is 21.3 Å². The van der Waals surface area contributed by atoms with E-state index in [4.69, 9.17) is 10.6 Å². The molecule has 0 aromatic heterocycles. The summed E-state index contributed by atoms with van der Waals surface area (Å²) in [6.45, 7) is 0.638. The van der Waals surface area contributed by atoms with Gasteiger partial charge in [0.05, 0.1) is 11.5 Å². The first kappa shape index (κ1) is 13.1. The number of hydrogen-bond acceptors (Lipinski definition) is 5. The third kappa shape index (κ3) is 2.72. The summed E-state index contributed by atoms with van der Waals surface area (Å²) in [4.78, 5) is 0.277. The van der Waals surface area contributed by atoms with Crippen molar-refractivity contribution in [2.45, 2.75) is 17.4 Å². The second-order valence-corrected chi connectivity index (χ2v) is 6.20. The highest BCUT2D eigenvalue weighted by atomic mass is 32.2. The van der Waals surface area contributed by atoms with E-state index in [1.54, 1.807) is 18.2 Å². The summed E-state index contributed by atoms with van der Waals surface area (Å²) in [6, 6.07) is 6.39. The van der Waals surface area contributed by atoms with Crippen molar-refractivity contribution in [3.05, 3.63) is 41.7 Å². The number of nitrogens with two attached hydrogens (primary N) is 1. The van der Waals surface area contributed by atoms with E-state index < -0.39 is 9.84 Å². The van der Waals surface area contributed by atoms with Gasteiger partial charge in [0.15, 0.2) is 9.84 Å². The molecule has 98 valence electrons. The minimum absolute atomic E-state index is 0.277. The van der Waals surface area contributed by atoms with Crippen LogP contribution in [0.1, 0.15) is 18.0 Å². The van der Waals surface area contributed by atoms with Crippen LogP contribution in [0, 0.1) is 0 Å². The first-order valence-electron chi connectivity index (χ1n) is 5.61. The van der Waals surface area contributed by atoms with E-state index in [0.717, 1.165) is 17.7 Å². The summed E-state index contributed by atoms with van der Waals surface area (Å²) < 4.78 is 28.5. The molecule has 1 aromatic carbocycles. The molecule has 0 saturated carbocycles. The van der Waals surface area contributed by atoms with Crippen LogP contribution in [0.2, 0.25) is 0 Å². The fourth-order valence-electron chi connectivity index (χ4n) is 1.91. The standard InChI is InChI=1S/C12H16N2O3S/c1-18(15,16)10-5-2-4-9(8-10)12(14-13)11-6-3-7-17-11/h2,4-6,8,12,14H,3,7,13H2,1H3. The first-order chi connectivity index (χ1) is 8.52. The SMILES string of the molecule is CS(=O)(=O)c1cccc(C(NN)C2=CCCO2)c1. The monoisotopic (exact) mass is 268 g/mol. The van der Waals surface area contributed by atoms with Gasteiger partial charge in [-0.25, -0.2) is 13.8 Å². The Morgan fingerprint density at radius 1 is 1.44 bits per heavy atom. The summed E-state index contributed by atoms with van der Waals surface area (Å²) in [5.74, 6) is 6.26. The zero-order valence-electron chi connectivity index (χ0n) is 10.1. The Morgan fingerprint density at radius 2 is 2.22 bits per heavy atom. The Labute approximate surface area is 107 Å². The van der Waals surface area contributed by atoms with E-state index in [-0.39, 0.29) is 10.9 Å². The smallest absolute Gasteiger partial charge is 0.175 e. The minimum Gasteiger partial charge on any atom is -0.496 e. The second-order valence-electron chi connectivity index (χ2n) is 4.19. The van der Waals surface area contributed by atoms with Crippen molar-refractivity contribution >= 4 is 9.84 Å². The molecule has 1 atom stereocenters. The molecule has 0 fully saturated rings. The molecule has 1 aliphatic heterocycles. The van der Waals surface area contributed by atoms with Gasteiger partial charge in [0.1, 0.15) is 11.8 Å². The average molecular weight is 268 g/mol. The number of sulfone groups is 1. The van der Waals surface area contributed by atoms with Gasteiger partial charge in [0, 0.05) is 12.7 Å². The molecule has 18 heavy (non-hydrogen) atoms. The summed E-state index contributed by atoms with van der Waals surface area (Å²) in [7, 11) is -3.22. The molecule has 0 spiro atoms. The van der Waals surface area contributed by atoms with Crippen LogP contribution < -0.4 is 11.3 Å². The number of ether oxygens (including phenoxy) is 1. The third-order valence-corrected chi connectivity index (χ3v) is 3.91. The van der Waals surface area contributed by atoms with E-state index in [0.29, 0.717) is 6.61 Å². The first-order valence-corrected chi connectivity index (χ1v) is 7.50. The molecule has 0 radical (unpaired) electrons. The molecule has 5 nitrogen and oxygen atoms in total. The van der Waals surface area contributed by atoms with Crippen molar-refractivity contribution in [1.29, 1.82) is 0 Å². The predicted molar refractivity (Wildman–Crippen MR) is 68.3 cm³/mol. The highest BCUT2D eigenvalue weighted by Gasteiger charge is 2.20. The van der Waals surface area contributed by atoms with Gasteiger partial charge in [0.2, 0.25) is 0 Å². The maximum Gasteiger partial charge on any atom is 0.175 e. The molecule has 2 rings (SSSR count). The molecule has 1 unspecified atom stereocenters. The lowest BCUT2D eigenvalue weighted by Gasteiger charge is -2.18. The van der Waals surface area contributed by atoms with Crippen molar-refractivity contribution in [2.75, 3.05) is 12.9 Å². The lowest BCUT2D eigenvalue weighted by molar-refractivity contribution is 0.215. The number of nitrogens with one attached hydrogen (secondary N) is 1. The van der Waals surface area contributed by atoms with Crippen LogP contribution >= 0.6 is 0 Å². The van der Waals surface area contributed by atoms with Crippen LogP contribution in [0.15, 0.2) is 41.0 Å². The number of hydrazine groups is 1. The van der Waals surface area contributed by atoms with Crippen molar-refractivity contribution in [1.82, 2.24) is 5.43 Å². The van der Waals surface area contributed by atoms with Crippen LogP contribution in [0.25, 0.3) is 0 Å². The largest absolute Gasteiger partial charge is 0.496 e. The van der Waals surface area contributed by atoms with Gasteiger partial charge in [-0.3, -0.25) is 5.84 Å². The Kier molecular flexibility index (Phi) is 3.70. The molecule has 0 amide bonds. The number of hydrogen-bond donors (Lipinski definition) is 2. The molecule has 3 N–H and O–H groups in total. The summed E-state index contributed by atoms with van der Waals surface area (Å²) in [6.07, 6.45) is 3.99. The number of benzene rings is 1. The molecule has 1 aliphatic rings. The van der Waals surface area contributed by atoms with Gasteiger partial charge in [-0.2, -0.15) is 0 Å². The minimum atomic E-state index is -3.22. The Balaban J connectivity index is 2.37. The molecular formula is C12H16N2O3S. The quantitative estimate of drug-likeness (QED) is 0.626. The van der Waals surface area contributed by atoms with Gasteiger partial charge in [-0.15, -0.1) is 0 Å². The highest BCUT2D eigenvalue weighted by molar-refractivity contribution is 7.90. The van der Waals surface area contributed by atoms with Crippen molar-refractivity contribution in [3.63, 3.8) is 0 Å². The van der Waals surface area contributed by atoms with Crippen molar-refractivity contribution in [3.8, 4) is 0 Å². The topological polar surface area (TPSA) is 81.4 Å². The van der Waals surface area contributed by atoms with Gasteiger partial charge >= 0.3 is 0 Å². The maximum absolute atomic E-state index is 11.5. The van der Waals surface area contributed by atoms with Crippen molar-refractivity contribution in [2.24, 2.45) is 5.84 Å². The third-order valence-electron chi connectivity index (χ3n) is 2.80. The molecule has 1 aromatic rings. The zero-order chi connectivity index (χ0) is 13.2. The van der Waals surface area contributed by atoms with E-state index in [1.807, 2.05) is 12.1 Å². The molecule has 0 aliphatic carbocycles. The molecule has 0 bridgehead atoms. The van der Waals surface area contributed by atoms with E-state index >= 15 is 0 Å². The van der Waals surface area contributed by atoms with Gasteiger partial charge < -0.3 is 4.74 Å².